The summed E-state index contributed by atoms with van der Waals surface area (Å²) < 4.78 is 26.8. The predicted octanol–water partition coefficient (Wildman–Crippen LogP) is 1.42. The van der Waals surface area contributed by atoms with Crippen LogP contribution in [0.2, 0.25) is 0 Å². The molecule has 0 fully saturated rings. The summed E-state index contributed by atoms with van der Waals surface area (Å²) in [6.45, 7) is -0.682. The lowest BCUT2D eigenvalue weighted by molar-refractivity contribution is 0.147. The van der Waals surface area contributed by atoms with Crippen molar-refractivity contribution < 1.29 is 19.0 Å². The highest BCUT2D eigenvalue weighted by Gasteiger charge is 2.41. The van der Waals surface area contributed by atoms with Crippen molar-refractivity contribution >= 4 is 0 Å². The van der Waals surface area contributed by atoms with Crippen molar-refractivity contribution in [1.29, 1.82) is 0 Å². The Hall–Kier alpha value is -1.95. The van der Waals surface area contributed by atoms with Crippen LogP contribution < -0.4 is 5.32 Å². The fraction of sp³-hybridized carbons (Fsp3) is 0.182. The Bertz CT molecular complexity index is 488. The van der Waals surface area contributed by atoms with Gasteiger partial charge in [-0.3, -0.25) is 4.98 Å². The lowest BCUT2D eigenvalue weighted by Gasteiger charge is -2.34. The monoisotopic (exact) mass is 240 g/mol. The lowest BCUT2D eigenvalue weighted by atomic mass is 9.88. The first-order chi connectivity index (χ1) is 8.10. The SMILES string of the molecule is OCC1(c2cccnc2)NC(O)=C(F)C=C1F. The summed E-state index contributed by atoms with van der Waals surface area (Å²) in [5.41, 5.74) is -1.40. The molecule has 17 heavy (non-hydrogen) atoms. The first kappa shape index (κ1) is 11.5. The molecule has 1 aromatic rings. The van der Waals surface area contributed by atoms with Crippen molar-refractivity contribution in [3.63, 3.8) is 0 Å². The van der Waals surface area contributed by atoms with Gasteiger partial charge >= 0.3 is 0 Å². The van der Waals surface area contributed by atoms with E-state index >= 15 is 0 Å². The van der Waals surface area contributed by atoms with Crippen LogP contribution in [-0.2, 0) is 5.54 Å². The van der Waals surface area contributed by atoms with E-state index in [2.05, 4.69) is 10.3 Å². The molecule has 0 amide bonds. The van der Waals surface area contributed by atoms with E-state index in [0.717, 1.165) is 0 Å². The van der Waals surface area contributed by atoms with Crippen LogP contribution in [-0.4, -0.2) is 21.8 Å². The number of rotatable bonds is 2. The number of aliphatic hydroxyl groups excluding tert-OH is 2. The van der Waals surface area contributed by atoms with Crippen LogP contribution in [0.4, 0.5) is 8.78 Å². The summed E-state index contributed by atoms with van der Waals surface area (Å²) in [7, 11) is 0. The molecular weight excluding hydrogens is 230 g/mol. The number of nitrogens with zero attached hydrogens (tertiary/aromatic N) is 1. The Morgan fingerprint density at radius 3 is 2.76 bits per heavy atom. The molecule has 1 aliphatic rings. The van der Waals surface area contributed by atoms with E-state index < -0.39 is 29.7 Å². The summed E-state index contributed by atoms with van der Waals surface area (Å²) in [4.78, 5) is 3.79. The van der Waals surface area contributed by atoms with E-state index in [1.165, 1.54) is 18.5 Å². The third-order valence-electron chi connectivity index (χ3n) is 2.61. The fourth-order valence-corrected chi connectivity index (χ4v) is 1.66. The van der Waals surface area contributed by atoms with Gasteiger partial charge in [0.1, 0.15) is 11.4 Å². The molecule has 0 bridgehead atoms. The second-order valence-corrected chi connectivity index (χ2v) is 3.62. The standard InChI is InChI=1S/C11H10F2N2O2/c12-8-4-9(13)11(6-16,15-10(8)17)7-2-1-3-14-5-7/h1-5,15-17H,6H2. The van der Waals surface area contributed by atoms with Crippen LogP contribution >= 0.6 is 0 Å². The van der Waals surface area contributed by atoms with Crippen LogP contribution in [0.15, 0.2) is 48.1 Å². The predicted molar refractivity (Wildman–Crippen MR) is 56.1 cm³/mol. The minimum absolute atomic E-state index is 0.287. The molecule has 3 N–H and O–H groups in total. The van der Waals surface area contributed by atoms with E-state index in [0.29, 0.717) is 6.08 Å². The molecule has 90 valence electrons. The van der Waals surface area contributed by atoms with Crippen LogP contribution in [0.3, 0.4) is 0 Å². The van der Waals surface area contributed by atoms with Gasteiger partial charge in [-0.05, 0) is 6.07 Å². The Kier molecular flexibility index (Phi) is 2.81. The number of aromatic nitrogens is 1. The highest BCUT2D eigenvalue weighted by atomic mass is 19.1. The number of halogens is 2. The maximum Gasteiger partial charge on any atom is 0.222 e. The zero-order valence-electron chi connectivity index (χ0n) is 8.69. The number of nitrogens with one attached hydrogen (secondary N) is 1. The summed E-state index contributed by atoms with van der Waals surface area (Å²) in [5.74, 6) is -2.86. The van der Waals surface area contributed by atoms with Gasteiger partial charge in [-0.15, -0.1) is 0 Å². The van der Waals surface area contributed by atoms with E-state index in [-0.39, 0.29) is 5.56 Å². The highest BCUT2D eigenvalue weighted by Crippen LogP contribution is 2.35. The van der Waals surface area contributed by atoms with Crippen molar-refractivity contribution in [2.24, 2.45) is 0 Å². The zero-order chi connectivity index (χ0) is 12.5. The topological polar surface area (TPSA) is 65.4 Å². The average Bonchev–Trinajstić information content (AvgIpc) is 2.35. The summed E-state index contributed by atoms with van der Waals surface area (Å²) >= 11 is 0. The van der Waals surface area contributed by atoms with E-state index in [9.17, 15) is 19.0 Å². The van der Waals surface area contributed by atoms with Crippen molar-refractivity contribution in [3.8, 4) is 0 Å². The molecule has 6 heteroatoms. The van der Waals surface area contributed by atoms with E-state index in [4.69, 9.17) is 0 Å². The summed E-state index contributed by atoms with van der Waals surface area (Å²) in [6.07, 6.45) is 3.34. The number of aliphatic hydroxyl groups is 2. The van der Waals surface area contributed by atoms with Gasteiger partial charge in [-0.25, -0.2) is 8.78 Å². The number of allylic oxidation sites excluding steroid dienone is 2. The third-order valence-corrected chi connectivity index (χ3v) is 2.61. The molecule has 1 aromatic heterocycles. The smallest absolute Gasteiger partial charge is 0.222 e. The molecule has 1 atom stereocenters. The van der Waals surface area contributed by atoms with Gasteiger partial charge in [-0.2, -0.15) is 0 Å². The Balaban J connectivity index is 2.52. The molecule has 4 nitrogen and oxygen atoms in total. The quantitative estimate of drug-likeness (QED) is 0.731. The Labute approximate surface area is 95.9 Å². The van der Waals surface area contributed by atoms with Crippen LogP contribution in [0.5, 0.6) is 0 Å². The Morgan fingerprint density at radius 2 is 2.18 bits per heavy atom. The summed E-state index contributed by atoms with van der Waals surface area (Å²) in [6, 6.07) is 3.06. The first-order valence-corrected chi connectivity index (χ1v) is 4.86. The van der Waals surface area contributed by atoms with Crippen molar-refractivity contribution in [3.05, 3.63) is 53.7 Å². The van der Waals surface area contributed by atoms with Gasteiger partial charge < -0.3 is 15.5 Å². The van der Waals surface area contributed by atoms with Gasteiger partial charge in [0.05, 0.1) is 6.61 Å². The third kappa shape index (κ3) is 1.76. The number of hydrogen-bond acceptors (Lipinski definition) is 4. The molecule has 0 aliphatic carbocycles. The minimum atomic E-state index is -1.69. The van der Waals surface area contributed by atoms with Crippen LogP contribution in [0, 0.1) is 0 Å². The van der Waals surface area contributed by atoms with Crippen molar-refractivity contribution in [1.82, 2.24) is 10.3 Å². The van der Waals surface area contributed by atoms with Crippen molar-refractivity contribution in [2.45, 2.75) is 5.54 Å². The Morgan fingerprint density at radius 1 is 1.41 bits per heavy atom. The molecular formula is C11H10F2N2O2. The summed E-state index contributed by atoms with van der Waals surface area (Å²) in [5, 5.41) is 20.8. The second kappa shape index (κ2) is 4.14. The average molecular weight is 240 g/mol. The normalized spacial score (nSPS) is 24.3. The number of pyridine rings is 1. The molecule has 0 spiro atoms. The van der Waals surface area contributed by atoms with Gasteiger partial charge in [0.2, 0.25) is 5.88 Å². The van der Waals surface area contributed by atoms with Crippen LogP contribution in [0.25, 0.3) is 0 Å². The minimum Gasteiger partial charge on any atom is -0.493 e. The number of dihydropyridines is 1. The van der Waals surface area contributed by atoms with Gasteiger partial charge in [-0.1, -0.05) is 6.07 Å². The maximum atomic E-state index is 13.8. The molecule has 2 heterocycles. The molecule has 0 aromatic carbocycles. The largest absolute Gasteiger partial charge is 0.493 e. The molecule has 2 rings (SSSR count). The van der Waals surface area contributed by atoms with Gasteiger partial charge in [0.25, 0.3) is 0 Å². The molecule has 1 aliphatic heterocycles. The fourth-order valence-electron chi connectivity index (χ4n) is 1.66. The first-order valence-electron chi connectivity index (χ1n) is 4.86. The maximum absolute atomic E-state index is 13.8. The van der Waals surface area contributed by atoms with Gasteiger partial charge in [0, 0.05) is 24.0 Å². The van der Waals surface area contributed by atoms with E-state index in [1.54, 1.807) is 6.07 Å². The highest BCUT2D eigenvalue weighted by molar-refractivity contribution is 5.39. The second-order valence-electron chi connectivity index (χ2n) is 3.62. The van der Waals surface area contributed by atoms with Crippen LogP contribution in [0.1, 0.15) is 5.56 Å². The number of hydrogen-bond donors (Lipinski definition) is 3. The molecule has 0 saturated heterocycles. The lowest BCUT2D eigenvalue weighted by Crippen LogP contribution is -2.47. The van der Waals surface area contributed by atoms with Crippen molar-refractivity contribution in [2.75, 3.05) is 6.61 Å². The van der Waals surface area contributed by atoms with E-state index in [1.807, 2.05) is 0 Å². The molecule has 0 radical (unpaired) electrons. The van der Waals surface area contributed by atoms with Gasteiger partial charge in [0.15, 0.2) is 5.83 Å². The molecule has 0 saturated carbocycles. The molecule has 1 unspecified atom stereocenters. The zero-order valence-corrected chi connectivity index (χ0v) is 8.69.